The maximum atomic E-state index is 13.2. The summed E-state index contributed by atoms with van der Waals surface area (Å²) in [6, 6.07) is 12.1. The number of carbonyl (C=O) groups excluding carboxylic acids is 1. The number of hydrogen-bond acceptors (Lipinski definition) is 4. The zero-order chi connectivity index (χ0) is 22.7. The maximum absolute atomic E-state index is 13.2. The number of nitrogens with one attached hydrogen (secondary N) is 2. The highest BCUT2D eigenvalue weighted by Gasteiger charge is 2.36. The summed E-state index contributed by atoms with van der Waals surface area (Å²) in [5.74, 6) is -0.736. The quantitative estimate of drug-likeness (QED) is 0.465. The monoisotopic (exact) mass is 479 g/mol. The number of pyridine rings is 1. The molecule has 1 amide bonds. The van der Waals surface area contributed by atoms with Crippen molar-refractivity contribution in [1.29, 1.82) is 0 Å². The lowest BCUT2D eigenvalue weighted by atomic mass is 9.91. The lowest BCUT2D eigenvalue weighted by Crippen LogP contribution is -2.46. The molecule has 1 unspecified atom stereocenters. The first-order valence-electron chi connectivity index (χ1n) is 10.2. The largest absolute Gasteiger partial charge is 0.417 e. The minimum atomic E-state index is -4.67. The van der Waals surface area contributed by atoms with Gasteiger partial charge >= 0.3 is 6.18 Å². The maximum Gasteiger partial charge on any atom is 0.417 e. The van der Waals surface area contributed by atoms with Crippen LogP contribution in [0.3, 0.4) is 0 Å². The van der Waals surface area contributed by atoms with Crippen molar-refractivity contribution < 1.29 is 18.0 Å². The molecular formula is C23H21ClF3N3OS. The van der Waals surface area contributed by atoms with E-state index < -0.39 is 34.4 Å². The number of carbonyl (C=O) groups is 1. The summed E-state index contributed by atoms with van der Waals surface area (Å²) < 4.78 is 39.7. The van der Waals surface area contributed by atoms with Crippen molar-refractivity contribution in [1.82, 2.24) is 15.6 Å². The highest BCUT2D eigenvalue weighted by atomic mass is 35.5. The normalized spacial score (nSPS) is 17.7. The summed E-state index contributed by atoms with van der Waals surface area (Å²) in [5, 5.41) is 7.63. The summed E-state index contributed by atoms with van der Waals surface area (Å²) in [6.45, 7) is 0.810. The van der Waals surface area contributed by atoms with Gasteiger partial charge in [-0.05, 0) is 54.1 Å². The van der Waals surface area contributed by atoms with Crippen molar-refractivity contribution in [2.45, 2.75) is 37.5 Å². The van der Waals surface area contributed by atoms with E-state index in [9.17, 15) is 18.0 Å². The van der Waals surface area contributed by atoms with Crippen LogP contribution in [0.2, 0.25) is 5.02 Å². The summed E-state index contributed by atoms with van der Waals surface area (Å²) >= 11 is 7.55. The van der Waals surface area contributed by atoms with Crippen molar-refractivity contribution in [2.24, 2.45) is 0 Å². The summed E-state index contributed by atoms with van der Waals surface area (Å²) in [6.07, 6.45) is -0.855. The molecule has 2 atom stereocenters. The van der Waals surface area contributed by atoms with Gasteiger partial charge in [-0.1, -0.05) is 42.3 Å². The number of halogens is 4. The molecule has 3 heterocycles. The molecule has 2 N–H and O–H groups in total. The van der Waals surface area contributed by atoms with Gasteiger partial charge in [0, 0.05) is 17.1 Å². The molecule has 4 rings (SSSR count). The third-order valence-corrected chi connectivity index (χ3v) is 6.80. The molecule has 9 heteroatoms. The Kier molecular flexibility index (Phi) is 6.83. The summed E-state index contributed by atoms with van der Waals surface area (Å²) in [5.41, 5.74) is 0.373. The van der Waals surface area contributed by atoms with Gasteiger partial charge < -0.3 is 10.6 Å². The summed E-state index contributed by atoms with van der Waals surface area (Å²) in [7, 11) is 0. The first kappa shape index (κ1) is 22.8. The Morgan fingerprint density at radius 1 is 1.22 bits per heavy atom. The average Bonchev–Trinajstić information content (AvgIpc) is 3.32. The third-order valence-electron chi connectivity index (χ3n) is 5.50. The standard InChI is InChI=1S/C23H21ClF3N3OS/c24-19-16(23(25,26)27)9-11-29-21(19)22(31)30-20(17-7-1-2-10-28-17)15-6-3-5-14(13-15)18-8-4-12-32-18/h3-6,8-9,11-13,17,20,28H,1-2,7,10H2,(H,30,31)/t17-,20?/m0/s1. The lowest BCUT2D eigenvalue weighted by molar-refractivity contribution is -0.137. The van der Waals surface area contributed by atoms with Crippen LogP contribution in [0.5, 0.6) is 0 Å². The summed E-state index contributed by atoms with van der Waals surface area (Å²) in [4.78, 5) is 18.0. The van der Waals surface area contributed by atoms with Gasteiger partial charge in [0.15, 0.2) is 0 Å². The molecule has 1 aromatic carbocycles. The SMILES string of the molecule is O=C(NC(c1cccc(-c2cccs2)c1)[C@@H]1CCCCN1)c1nccc(C(F)(F)F)c1Cl. The topological polar surface area (TPSA) is 54.0 Å². The van der Waals surface area contributed by atoms with Crippen LogP contribution >= 0.6 is 22.9 Å². The second-order valence-corrected chi connectivity index (χ2v) is 8.95. The molecule has 0 saturated carbocycles. The van der Waals surface area contributed by atoms with Gasteiger partial charge in [-0.25, -0.2) is 4.98 Å². The minimum absolute atomic E-state index is 0.0594. The molecule has 0 radical (unpaired) electrons. The van der Waals surface area contributed by atoms with E-state index in [1.54, 1.807) is 11.3 Å². The fourth-order valence-electron chi connectivity index (χ4n) is 3.94. The van der Waals surface area contributed by atoms with Crippen molar-refractivity contribution in [3.8, 4) is 10.4 Å². The molecule has 4 nitrogen and oxygen atoms in total. The number of thiophene rings is 1. The van der Waals surface area contributed by atoms with E-state index in [1.165, 1.54) is 0 Å². The van der Waals surface area contributed by atoms with E-state index in [-0.39, 0.29) is 6.04 Å². The number of alkyl halides is 3. The molecule has 2 aromatic heterocycles. The number of amides is 1. The smallest absolute Gasteiger partial charge is 0.342 e. The molecule has 1 fully saturated rings. The van der Waals surface area contributed by atoms with E-state index in [0.29, 0.717) is 0 Å². The molecule has 3 aromatic rings. The molecule has 1 aliphatic heterocycles. The van der Waals surface area contributed by atoms with Crippen molar-refractivity contribution in [3.63, 3.8) is 0 Å². The zero-order valence-corrected chi connectivity index (χ0v) is 18.5. The van der Waals surface area contributed by atoms with Crippen LogP contribution in [0, 0.1) is 0 Å². The second kappa shape index (κ2) is 9.60. The fourth-order valence-corrected chi connectivity index (χ4v) is 4.97. The predicted octanol–water partition coefficient (Wildman–Crippen LogP) is 6.10. The van der Waals surface area contributed by atoms with Crippen molar-refractivity contribution in [3.05, 3.63) is 75.9 Å². The van der Waals surface area contributed by atoms with E-state index in [1.807, 2.05) is 41.8 Å². The van der Waals surface area contributed by atoms with Crippen LogP contribution in [0.25, 0.3) is 10.4 Å². The third kappa shape index (κ3) is 4.98. The first-order chi connectivity index (χ1) is 15.3. The van der Waals surface area contributed by atoms with Gasteiger partial charge in [-0.3, -0.25) is 4.79 Å². The van der Waals surface area contributed by atoms with Crippen molar-refractivity contribution in [2.75, 3.05) is 6.54 Å². The minimum Gasteiger partial charge on any atom is -0.342 e. The van der Waals surface area contributed by atoms with Crippen LogP contribution < -0.4 is 10.6 Å². The first-order valence-corrected chi connectivity index (χ1v) is 11.5. The Morgan fingerprint density at radius 2 is 2.06 bits per heavy atom. The molecule has 0 bridgehead atoms. The molecule has 0 aliphatic carbocycles. The van der Waals surface area contributed by atoms with Gasteiger partial charge in [0.05, 0.1) is 16.6 Å². The Labute approximate surface area is 192 Å². The number of benzene rings is 1. The number of aromatic nitrogens is 1. The Morgan fingerprint density at radius 3 is 2.75 bits per heavy atom. The van der Waals surface area contributed by atoms with E-state index in [0.717, 1.165) is 54.1 Å². The molecule has 32 heavy (non-hydrogen) atoms. The molecule has 1 aliphatic rings. The van der Waals surface area contributed by atoms with Gasteiger partial charge in [-0.15, -0.1) is 11.3 Å². The molecule has 168 valence electrons. The second-order valence-electron chi connectivity index (χ2n) is 7.63. The predicted molar refractivity (Wildman–Crippen MR) is 120 cm³/mol. The average molecular weight is 480 g/mol. The Hall–Kier alpha value is -2.42. The van der Waals surface area contributed by atoms with Gasteiger partial charge in [0.25, 0.3) is 5.91 Å². The lowest BCUT2D eigenvalue weighted by Gasteiger charge is -2.32. The molecular weight excluding hydrogens is 459 g/mol. The van der Waals surface area contributed by atoms with Gasteiger partial charge in [0.1, 0.15) is 5.69 Å². The van der Waals surface area contributed by atoms with Crippen LogP contribution in [0.4, 0.5) is 13.2 Å². The van der Waals surface area contributed by atoms with E-state index >= 15 is 0 Å². The highest BCUT2D eigenvalue weighted by molar-refractivity contribution is 7.13. The number of rotatable bonds is 5. The fraction of sp³-hybridized carbons (Fsp3) is 0.304. The Balaban J connectivity index is 1.67. The van der Waals surface area contributed by atoms with Gasteiger partial charge in [-0.2, -0.15) is 13.2 Å². The van der Waals surface area contributed by atoms with Crippen LogP contribution in [0.15, 0.2) is 54.0 Å². The van der Waals surface area contributed by atoms with Crippen molar-refractivity contribution >= 4 is 28.8 Å². The van der Waals surface area contributed by atoms with Crippen LogP contribution in [-0.2, 0) is 6.18 Å². The number of hydrogen-bond donors (Lipinski definition) is 2. The van der Waals surface area contributed by atoms with Crippen LogP contribution in [0.1, 0.15) is 46.9 Å². The number of nitrogens with zero attached hydrogens (tertiary/aromatic N) is 1. The number of piperidine rings is 1. The van der Waals surface area contributed by atoms with E-state index in [2.05, 4.69) is 15.6 Å². The Bertz CT molecular complexity index is 1080. The van der Waals surface area contributed by atoms with Gasteiger partial charge in [0.2, 0.25) is 0 Å². The highest BCUT2D eigenvalue weighted by Crippen LogP contribution is 2.36. The van der Waals surface area contributed by atoms with E-state index in [4.69, 9.17) is 11.6 Å². The molecule has 0 spiro atoms. The molecule has 1 saturated heterocycles. The zero-order valence-electron chi connectivity index (χ0n) is 17.0. The van der Waals surface area contributed by atoms with Crippen LogP contribution in [-0.4, -0.2) is 23.5 Å².